The molecule has 0 amide bonds. The number of hydrogen-bond acceptors (Lipinski definition) is 3. The minimum Gasteiger partial charge on any atom is -0.370 e. The molecular formula is C16H19N9. The molecule has 9 heteroatoms. The standard InChI is InChI=1S/C16H19N9/c1-10-13(9-20-24(10)2)14-7-8-25(23-14)12-5-3-11(4-6-12)21-16(19)22-15(17)18/h3-9H,1-2H3,(H6,17,18,19,21,22). The van der Waals surface area contributed by atoms with Crippen molar-refractivity contribution in [3.8, 4) is 16.9 Å². The topological polar surface area (TPSA) is 138 Å². The van der Waals surface area contributed by atoms with Gasteiger partial charge in [0.15, 0.2) is 5.96 Å². The van der Waals surface area contributed by atoms with Crippen LogP contribution in [0.2, 0.25) is 0 Å². The molecule has 6 N–H and O–H groups in total. The third kappa shape index (κ3) is 3.50. The number of hydrogen-bond donors (Lipinski definition) is 3. The Morgan fingerprint density at radius 1 is 1.08 bits per heavy atom. The van der Waals surface area contributed by atoms with E-state index in [1.165, 1.54) is 0 Å². The fraction of sp³-hybridized carbons (Fsp3) is 0.125. The van der Waals surface area contributed by atoms with Crippen LogP contribution in [-0.2, 0) is 7.05 Å². The Bertz CT molecular complexity index is 940. The maximum atomic E-state index is 5.62. The van der Waals surface area contributed by atoms with Crippen molar-refractivity contribution in [3.63, 3.8) is 0 Å². The summed E-state index contributed by atoms with van der Waals surface area (Å²) in [5, 5.41) is 8.85. The van der Waals surface area contributed by atoms with Crippen LogP contribution in [0, 0.1) is 6.92 Å². The molecule has 3 aromatic rings. The second kappa shape index (κ2) is 6.48. The van der Waals surface area contributed by atoms with E-state index in [9.17, 15) is 0 Å². The zero-order chi connectivity index (χ0) is 18.0. The summed E-state index contributed by atoms with van der Waals surface area (Å²) in [7, 11) is 1.91. The van der Waals surface area contributed by atoms with E-state index in [4.69, 9.17) is 17.2 Å². The van der Waals surface area contributed by atoms with Gasteiger partial charge in [0.25, 0.3) is 0 Å². The van der Waals surface area contributed by atoms with Gasteiger partial charge in [0, 0.05) is 24.5 Å². The maximum absolute atomic E-state index is 5.62. The van der Waals surface area contributed by atoms with Gasteiger partial charge in [-0.05, 0) is 37.3 Å². The average Bonchev–Trinajstić information content (AvgIpc) is 3.15. The molecule has 0 bridgehead atoms. The minimum absolute atomic E-state index is 0.00109. The molecule has 0 aliphatic rings. The largest absolute Gasteiger partial charge is 0.370 e. The van der Waals surface area contributed by atoms with Gasteiger partial charge in [0.05, 0.1) is 23.3 Å². The average molecular weight is 337 g/mol. The first-order valence-corrected chi connectivity index (χ1v) is 7.53. The van der Waals surface area contributed by atoms with Crippen LogP contribution >= 0.6 is 0 Å². The molecule has 1 aromatic carbocycles. The Hall–Kier alpha value is -3.62. The minimum atomic E-state index is -0.132. The molecule has 0 saturated heterocycles. The Morgan fingerprint density at radius 2 is 1.80 bits per heavy atom. The molecule has 0 aliphatic heterocycles. The monoisotopic (exact) mass is 337 g/mol. The Kier molecular flexibility index (Phi) is 4.21. The van der Waals surface area contributed by atoms with Crippen molar-refractivity contribution in [1.29, 1.82) is 0 Å². The van der Waals surface area contributed by atoms with E-state index in [0.717, 1.165) is 22.6 Å². The smallest absolute Gasteiger partial charge is 0.223 e. The molecule has 0 aliphatic carbocycles. The van der Waals surface area contributed by atoms with E-state index in [0.29, 0.717) is 5.69 Å². The molecule has 3 rings (SSSR count). The normalized spacial score (nSPS) is 11.5. The number of aromatic nitrogens is 4. The Balaban J connectivity index is 1.84. The van der Waals surface area contributed by atoms with Crippen LogP contribution in [0.1, 0.15) is 5.69 Å². The van der Waals surface area contributed by atoms with Gasteiger partial charge in [-0.2, -0.15) is 15.2 Å². The van der Waals surface area contributed by atoms with E-state index >= 15 is 0 Å². The summed E-state index contributed by atoms with van der Waals surface area (Å²) in [6.45, 7) is 2.01. The van der Waals surface area contributed by atoms with E-state index in [2.05, 4.69) is 20.2 Å². The van der Waals surface area contributed by atoms with E-state index in [1.54, 1.807) is 16.8 Å². The van der Waals surface area contributed by atoms with Gasteiger partial charge in [0.1, 0.15) is 0 Å². The molecule has 9 nitrogen and oxygen atoms in total. The first-order chi connectivity index (χ1) is 11.9. The number of rotatable bonds is 3. The highest BCUT2D eigenvalue weighted by Gasteiger charge is 2.10. The van der Waals surface area contributed by atoms with Crippen molar-refractivity contribution in [2.45, 2.75) is 6.92 Å². The van der Waals surface area contributed by atoms with Gasteiger partial charge < -0.3 is 17.2 Å². The summed E-state index contributed by atoms with van der Waals surface area (Å²) in [5.74, 6) is -0.131. The van der Waals surface area contributed by atoms with Gasteiger partial charge in [0.2, 0.25) is 5.96 Å². The third-order valence-electron chi connectivity index (χ3n) is 3.70. The van der Waals surface area contributed by atoms with E-state index < -0.39 is 0 Å². The predicted molar refractivity (Wildman–Crippen MR) is 97.6 cm³/mol. The fourth-order valence-corrected chi connectivity index (χ4v) is 2.33. The lowest BCUT2D eigenvalue weighted by Gasteiger charge is -2.02. The number of aliphatic imine (C=N–C) groups is 2. The van der Waals surface area contributed by atoms with Crippen molar-refractivity contribution in [2.24, 2.45) is 34.2 Å². The molecule has 0 saturated carbocycles. The predicted octanol–water partition coefficient (Wildman–Crippen LogP) is 0.801. The summed E-state index contributed by atoms with van der Waals surface area (Å²) in [5.41, 5.74) is 20.6. The van der Waals surface area contributed by atoms with Crippen LogP contribution < -0.4 is 17.2 Å². The van der Waals surface area contributed by atoms with Crippen LogP contribution in [0.25, 0.3) is 16.9 Å². The lowest BCUT2D eigenvalue weighted by atomic mass is 10.2. The number of guanidine groups is 2. The molecule has 0 fully saturated rings. The van der Waals surface area contributed by atoms with Crippen molar-refractivity contribution in [3.05, 3.63) is 48.4 Å². The summed E-state index contributed by atoms with van der Waals surface area (Å²) in [6, 6.07) is 9.33. The van der Waals surface area contributed by atoms with Crippen LogP contribution in [0.5, 0.6) is 0 Å². The molecule has 128 valence electrons. The van der Waals surface area contributed by atoms with Crippen LogP contribution in [-0.4, -0.2) is 31.5 Å². The summed E-state index contributed by atoms with van der Waals surface area (Å²) in [4.78, 5) is 7.78. The number of nitrogens with two attached hydrogens (primary N) is 3. The fourth-order valence-electron chi connectivity index (χ4n) is 2.33. The molecule has 0 spiro atoms. The summed E-state index contributed by atoms with van der Waals surface area (Å²) in [6.07, 6.45) is 3.71. The zero-order valence-corrected chi connectivity index (χ0v) is 14.0. The quantitative estimate of drug-likeness (QED) is 0.479. The van der Waals surface area contributed by atoms with Gasteiger partial charge in [-0.1, -0.05) is 0 Å². The van der Waals surface area contributed by atoms with Gasteiger partial charge in [-0.25, -0.2) is 9.67 Å². The van der Waals surface area contributed by atoms with Crippen LogP contribution in [0.15, 0.2) is 52.7 Å². The highest BCUT2D eigenvalue weighted by molar-refractivity contribution is 5.93. The lowest BCUT2D eigenvalue weighted by Crippen LogP contribution is -2.26. The van der Waals surface area contributed by atoms with Gasteiger partial charge in [-0.15, -0.1) is 0 Å². The Morgan fingerprint density at radius 3 is 2.40 bits per heavy atom. The second-order valence-electron chi connectivity index (χ2n) is 5.44. The molecule has 25 heavy (non-hydrogen) atoms. The molecule has 0 unspecified atom stereocenters. The first-order valence-electron chi connectivity index (χ1n) is 7.53. The van der Waals surface area contributed by atoms with Crippen molar-refractivity contribution in [2.75, 3.05) is 0 Å². The SMILES string of the molecule is Cc1c(-c2ccn(-c3ccc(N=C(N)N=C(N)N)cc3)n2)cnn1C. The summed E-state index contributed by atoms with van der Waals surface area (Å²) >= 11 is 0. The number of benzene rings is 1. The summed E-state index contributed by atoms with van der Waals surface area (Å²) < 4.78 is 3.61. The van der Waals surface area contributed by atoms with E-state index in [-0.39, 0.29) is 11.9 Å². The highest BCUT2D eigenvalue weighted by atomic mass is 15.3. The van der Waals surface area contributed by atoms with Crippen molar-refractivity contribution >= 4 is 17.6 Å². The van der Waals surface area contributed by atoms with E-state index in [1.807, 2.05) is 49.2 Å². The number of aryl methyl sites for hydroxylation is 1. The third-order valence-corrected chi connectivity index (χ3v) is 3.70. The highest BCUT2D eigenvalue weighted by Crippen LogP contribution is 2.22. The van der Waals surface area contributed by atoms with Crippen molar-refractivity contribution in [1.82, 2.24) is 19.6 Å². The molecule has 2 heterocycles. The van der Waals surface area contributed by atoms with Crippen molar-refractivity contribution < 1.29 is 0 Å². The molecular weight excluding hydrogens is 318 g/mol. The zero-order valence-electron chi connectivity index (χ0n) is 14.0. The molecule has 2 aromatic heterocycles. The van der Waals surface area contributed by atoms with Gasteiger partial charge in [-0.3, -0.25) is 4.68 Å². The van der Waals surface area contributed by atoms with Crippen LogP contribution in [0.4, 0.5) is 5.69 Å². The lowest BCUT2D eigenvalue weighted by molar-refractivity contribution is 0.740. The molecule has 0 atom stereocenters. The second-order valence-corrected chi connectivity index (χ2v) is 5.44. The first kappa shape index (κ1) is 16.2. The van der Waals surface area contributed by atoms with Gasteiger partial charge >= 0.3 is 0 Å². The maximum Gasteiger partial charge on any atom is 0.223 e. The van der Waals surface area contributed by atoms with Crippen LogP contribution in [0.3, 0.4) is 0 Å². The number of nitrogens with zero attached hydrogens (tertiary/aromatic N) is 6. The Labute approximate surface area is 144 Å². The molecule has 0 radical (unpaired) electrons.